The van der Waals surface area contributed by atoms with E-state index in [1.165, 1.54) is 0 Å². The summed E-state index contributed by atoms with van der Waals surface area (Å²) in [7, 11) is 0. The summed E-state index contributed by atoms with van der Waals surface area (Å²) in [5.41, 5.74) is 3.08. The monoisotopic (exact) mass is 261 g/mol. The fraction of sp³-hybridized carbons (Fsp3) is 0.308. The smallest absolute Gasteiger partial charge is 0.138 e. The Labute approximate surface area is 110 Å². The molecule has 2 aromatic heterocycles. The zero-order valence-corrected chi connectivity index (χ0v) is 10.5. The molecule has 0 bridgehead atoms. The number of pyridine rings is 1. The average Bonchev–Trinajstić information content (AvgIpc) is 2.40. The van der Waals surface area contributed by atoms with Crippen LogP contribution in [0.1, 0.15) is 22.6 Å². The molecule has 18 heavy (non-hydrogen) atoms. The normalized spacial score (nSPS) is 14.3. The maximum absolute atomic E-state index is 6.17. The lowest BCUT2D eigenvalue weighted by molar-refractivity contribution is 0.109. The highest BCUT2D eigenvalue weighted by molar-refractivity contribution is 6.30. The minimum Gasteiger partial charge on any atom is -0.376 e. The van der Waals surface area contributed by atoms with Gasteiger partial charge in [-0.15, -0.1) is 0 Å². The molecule has 1 aliphatic rings. The van der Waals surface area contributed by atoms with Crippen molar-refractivity contribution in [2.75, 3.05) is 6.61 Å². The van der Waals surface area contributed by atoms with Gasteiger partial charge in [-0.25, -0.2) is 9.97 Å². The van der Waals surface area contributed by atoms with Crippen LogP contribution in [0.2, 0.25) is 5.15 Å². The van der Waals surface area contributed by atoms with Crippen molar-refractivity contribution in [1.29, 1.82) is 0 Å². The van der Waals surface area contributed by atoms with Crippen LogP contribution in [0.4, 0.5) is 0 Å². The van der Waals surface area contributed by atoms with Crippen LogP contribution in [0.25, 0.3) is 0 Å². The van der Waals surface area contributed by atoms with E-state index in [-0.39, 0.29) is 0 Å². The molecule has 2 aromatic rings. The lowest BCUT2D eigenvalue weighted by atomic mass is 10.1. The summed E-state index contributed by atoms with van der Waals surface area (Å²) in [6, 6.07) is 3.92. The first-order valence-electron chi connectivity index (χ1n) is 5.84. The Morgan fingerprint density at radius 2 is 2.06 bits per heavy atom. The third kappa shape index (κ3) is 2.35. The Kier molecular flexibility index (Phi) is 3.21. The van der Waals surface area contributed by atoms with Gasteiger partial charge in [-0.3, -0.25) is 4.98 Å². The lowest BCUT2D eigenvalue weighted by Crippen LogP contribution is -2.15. The number of fused-ring (bicyclic) bond motifs is 1. The van der Waals surface area contributed by atoms with Crippen molar-refractivity contribution >= 4 is 11.6 Å². The van der Waals surface area contributed by atoms with Crippen molar-refractivity contribution in [2.24, 2.45) is 0 Å². The van der Waals surface area contributed by atoms with Crippen LogP contribution in [0.3, 0.4) is 0 Å². The highest BCUT2D eigenvalue weighted by Crippen LogP contribution is 2.22. The summed E-state index contributed by atoms with van der Waals surface area (Å²) in [6.45, 7) is 1.22. The predicted octanol–water partition coefficient (Wildman–Crippen LogP) is 2.19. The first-order valence-corrected chi connectivity index (χ1v) is 6.21. The first-order chi connectivity index (χ1) is 8.83. The van der Waals surface area contributed by atoms with Crippen LogP contribution in [-0.4, -0.2) is 21.6 Å². The minimum atomic E-state index is 0.517. The summed E-state index contributed by atoms with van der Waals surface area (Å²) < 4.78 is 5.36. The molecule has 0 aliphatic carbocycles. The summed E-state index contributed by atoms with van der Waals surface area (Å²) in [5.74, 6) is 0.756. The first kappa shape index (κ1) is 11.6. The molecule has 3 rings (SSSR count). The number of rotatable bonds is 2. The van der Waals surface area contributed by atoms with Gasteiger partial charge in [0.2, 0.25) is 0 Å². The van der Waals surface area contributed by atoms with Crippen molar-refractivity contribution in [3.05, 3.63) is 52.3 Å². The van der Waals surface area contributed by atoms with Crippen molar-refractivity contribution in [3.8, 4) is 0 Å². The van der Waals surface area contributed by atoms with Crippen LogP contribution < -0.4 is 0 Å². The highest BCUT2D eigenvalue weighted by atomic mass is 35.5. The molecule has 92 valence electrons. The van der Waals surface area contributed by atoms with E-state index >= 15 is 0 Å². The number of aromatic nitrogens is 3. The molecule has 4 nitrogen and oxygen atoms in total. The standard InChI is InChI=1S/C13H12ClN3O/c14-13-10-8-18-6-3-11(10)16-12(17-13)7-9-1-4-15-5-2-9/h1-2,4-5H,3,6-8H2. The van der Waals surface area contributed by atoms with E-state index in [4.69, 9.17) is 16.3 Å². The maximum Gasteiger partial charge on any atom is 0.138 e. The molecule has 0 fully saturated rings. The van der Waals surface area contributed by atoms with Crippen molar-refractivity contribution in [3.63, 3.8) is 0 Å². The van der Waals surface area contributed by atoms with Crippen LogP contribution in [0, 0.1) is 0 Å². The number of hydrogen-bond donors (Lipinski definition) is 0. The number of ether oxygens (including phenoxy) is 1. The maximum atomic E-state index is 6.17. The molecule has 5 heteroatoms. The van der Waals surface area contributed by atoms with Gasteiger partial charge >= 0.3 is 0 Å². The number of nitrogens with zero attached hydrogens (tertiary/aromatic N) is 3. The summed E-state index contributed by atoms with van der Waals surface area (Å²) in [6.07, 6.45) is 5.02. The van der Waals surface area contributed by atoms with Gasteiger partial charge in [0.1, 0.15) is 11.0 Å². The van der Waals surface area contributed by atoms with Crippen LogP contribution >= 0.6 is 11.6 Å². The van der Waals surface area contributed by atoms with Crippen LogP contribution in [0.5, 0.6) is 0 Å². The third-order valence-electron chi connectivity index (χ3n) is 2.93. The second kappa shape index (κ2) is 5.00. The Morgan fingerprint density at radius 1 is 1.22 bits per heavy atom. The van der Waals surface area contributed by atoms with Gasteiger partial charge in [0.15, 0.2) is 0 Å². The van der Waals surface area contributed by atoms with E-state index in [9.17, 15) is 0 Å². The van der Waals surface area contributed by atoms with Crippen LogP contribution in [0.15, 0.2) is 24.5 Å². The molecule has 0 saturated heterocycles. The van der Waals surface area contributed by atoms with Crippen LogP contribution in [-0.2, 0) is 24.2 Å². The van der Waals surface area contributed by atoms with Gasteiger partial charge in [-0.05, 0) is 17.7 Å². The average molecular weight is 262 g/mol. The Bertz CT molecular complexity index is 560. The van der Waals surface area contributed by atoms with E-state index in [0.717, 1.165) is 29.1 Å². The van der Waals surface area contributed by atoms with E-state index in [1.54, 1.807) is 12.4 Å². The van der Waals surface area contributed by atoms with Gasteiger partial charge in [0.05, 0.1) is 18.9 Å². The van der Waals surface area contributed by atoms with Gasteiger partial charge < -0.3 is 4.74 Å². The third-order valence-corrected chi connectivity index (χ3v) is 3.24. The molecular weight excluding hydrogens is 250 g/mol. The Balaban J connectivity index is 1.91. The fourth-order valence-corrected chi connectivity index (χ4v) is 2.26. The second-order valence-corrected chi connectivity index (χ2v) is 4.55. The molecule has 3 heterocycles. The summed E-state index contributed by atoms with van der Waals surface area (Å²) in [4.78, 5) is 12.9. The van der Waals surface area contributed by atoms with E-state index in [2.05, 4.69) is 15.0 Å². The minimum absolute atomic E-state index is 0.517. The zero-order chi connectivity index (χ0) is 12.4. The van der Waals surface area contributed by atoms with E-state index < -0.39 is 0 Å². The quantitative estimate of drug-likeness (QED) is 0.778. The molecule has 1 aliphatic heterocycles. The molecule has 0 spiro atoms. The molecule has 0 aromatic carbocycles. The SMILES string of the molecule is Clc1nc(Cc2ccncc2)nc2c1COCC2. The predicted molar refractivity (Wildman–Crippen MR) is 67.4 cm³/mol. The molecule has 0 amide bonds. The van der Waals surface area contributed by atoms with Gasteiger partial charge in [0.25, 0.3) is 0 Å². The number of halogens is 1. The van der Waals surface area contributed by atoms with Gasteiger partial charge in [-0.2, -0.15) is 0 Å². The number of hydrogen-bond acceptors (Lipinski definition) is 4. The summed E-state index contributed by atoms with van der Waals surface area (Å²) >= 11 is 6.17. The summed E-state index contributed by atoms with van der Waals surface area (Å²) in [5, 5.41) is 0.517. The van der Waals surface area contributed by atoms with E-state index in [1.807, 2.05) is 12.1 Å². The topological polar surface area (TPSA) is 47.9 Å². The Morgan fingerprint density at radius 3 is 2.89 bits per heavy atom. The second-order valence-electron chi connectivity index (χ2n) is 4.19. The molecular formula is C13H12ClN3O. The zero-order valence-electron chi connectivity index (χ0n) is 9.77. The largest absolute Gasteiger partial charge is 0.376 e. The van der Waals surface area contributed by atoms with Gasteiger partial charge in [0, 0.05) is 30.8 Å². The fourth-order valence-electron chi connectivity index (χ4n) is 2.00. The van der Waals surface area contributed by atoms with Crippen molar-refractivity contribution in [2.45, 2.75) is 19.4 Å². The van der Waals surface area contributed by atoms with Crippen molar-refractivity contribution in [1.82, 2.24) is 15.0 Å². The van der Waals surface area contributed by atoms with Gasteiger partial charge in [-0.1, -0.05) is 11.6 Å². The van der Waals surface area contributed by atoms with Crippen molar-refractivity contribution < 1.29 is 4.74 Å². The molecule has 0 N–H and O–H groups in total. The molecule has 0 unspecified atom stereocenters. The highest BCUT2D eigenvalue weighted by Gasteiger charge is 2.17. The molecule has 0 radical (unpaired) electrons. The van der Waals surface area contributed by atoms with E-state index in [0.29, 0.717) is 24.8 Å². The molecule has 0 saturated carbocycles. The Hall–Kier alpha value is -1.52. The molecule has 0 atom stereocenters. The lowest BCUT2D eigenvalue weighted by Gasteiger charge is -2.17.